The lowest BCUT2D eigenvalue weighted by molar-refractivity contribution is -0.128. The minimum absolute atomic E-state index is 0.0106. The molecule has 0 aromatic carbocycles. The van der Waals surface area contributed by atoms with Gasteiger partial charge < -0.3 is 10.2 Å². The number of carbonyl (C=O) groups excluding carboxylic acids is 2. The molecule has 106 valence electrons. The van der Waals surface area contributed by atoms with Crippen LogP contribution in [0.15, 0.2) is 12.7 Å². The van der Waals surface area contributed by atoms with E-state index >= 15 is 0 Å². The first-order chi connectivity index (χ1) is 9.19. The highest BCUT2D eigenvalue weighted by atomic mass is 16.2. The van der Waals surface area contributed by atoms with Crippen molar-refractivity contribution in [2.45, 2.75) is 51.0 Å². The van der Waals surface area contributed by atoms with Crippen LogP contribution in [0.1, 0.15) is 44.9 Å². The van der Waals surface area contributed by atoms with Gasteiger partial charge >= 0.3 is 0 Å². The van der Waals surface area contributed by atoms with E-state index in [1.807, 2.05) is 4.90 Å². The standard InChI is InChI=1S/C15H24N2O2/c1-2-6-14(18)16-13-9-15(19)17(11-13)10-12-7-4-3-5-8-12/h2,12-13H,1,3-11H2,(H,16,18)/t13-/m1/s1. The van der Waals surface area contributed by atoms with Gasteiger partial charge in [0.05, 0.1) is 6.04 Å². The fourth-order valence-electron chi connectivity index (χ4n) is 3.14. The van der Waals surface area contributed by atoms with Crippen molar-refractivity contribution in [3.05, 3.63) is 12.7 Å². The highest BCUT2D eigenvalue weighted by Crippen LogP contribution is 2.26. The molecule has 2 fully saturated rings. The maximum Gasteiger partial charge on any atom is 0.224 e. The molecule has 1 saturated carbocycles. The zero-order chi connectivity index (χ0) is 13.7. The molecule has 1 saturated heterocycles. The van der Waals surface area contributed by atoms with Gasteiger partial charge in [-0.3, -0.25) is 9.59 Å². The molecule has 0 aromatic rings. The van der Waals surface area contributed by atoms with Gasteiger partial charge in [0.15, 0.2) is 0 Å². The molecule has 1 aliphatic carbocycles. The number of nitrogens with one attached hydrogen (secondary N) is 1. The molecule has 0 radical (unpaired) electrons. The van der Waals surface area contributed by atoms with E-state index in [1.165, 1.54) is 32.1 Å². The Balaban J connectivity index is 1.78. The molecule has 1 N–H and O–H groups in total. The van der Waals surface area contributed by atoms with Crippen LogP contribution in [0, 0.1) is 5.92 Å². The second kappa shape index (κ2) is 6.73. The van der Waals surface area contributed by atoms with Crippen LogP contribution < -0.4 is 5.32 Å². The Morgan fingerprint density at radius 2 is 2.11 bits per heavy atom. The maximum atomic E-state index is 12.0. The van der Waals surface area contributed by atoms with Gasteiger partial charge in [0, 0.05) is 25.9 Å². The van der Waals surface area contributed by atoms with Crippen LogP contribution in [0.5, 0.6) is 0 Å². The predicted octanol–water partition coefficient (Wildman–Crippen LogP) is 1.86. The normalized spacial score (nSPS) is 24.5. The Morgan fingerprint density at radius 1 is 1.37 bits per heavy atom. The molecular formula is C15H24N2O2. The monoisotopic (exact) mass is 264 g/mol. The fourth-order valence-corrected chi connectivity index (χ4v) is 3.14. The van der Waals surface area contributed by atoms with Crippen molar-refractivity contribution in [1.29, 1.82) is 0 Å². The van der Waals surface area contributed by atoms with Crippen molar-refractivity contribution in [3.63, 3.8) is 0 Å². The van der Waals surface area contributed by atoms with E-state index in [9.17, 15) is 9.59 Å². The quantitative estimate of drug-likeness (QED) is 0.771. The van der Waals surface area contributed by atoms with Crippen LogP contribution in [0.2, 0.25) is 0 Å². The van der Waals surface area contributed by atoms with Gasteiger partial charge in [-0.05, 0) is 18.8 Å². The molecular weight excluding hydrogens is 240 g/mol. The summed E-state index contributed by atoms with van der Waals surface area (Å²) in [5, 5.41) is 2.90. The van der Waals surface area contributed by atoms with Gasteiger partial charge in [0.2, 0.25) is 11.8 Å². The number of hydrogen-bond donors (Lipinski definition) is 1. The van der Waals surface area contributed by atoms with Crippen molar-refractivity contribution in [2.24, 2.45) is 5.92 Å². The van der Waals surface area contributed by atoms with Gasteiger partial charge in [-0.1, -0.05) is 25.3 Å². The number of rotatable bonds is 5. The Morgan fingerprint density at radius 3 is 2.79 bits per heavy atom. The molecule has 2 amide bonds. The van der Waals surface area contributed by atoms with E-state index in [2.05, 4.69) is 11.9 Å². The minimum atomic E-state index is -0.0349. The first-order valence-corrected chi connectivity index (χ1v) is 7.37. The van der Waals surface area contributed by atoms with Crippen molar-refractivity contribution in [2.75, 3.05) is 13.1 Å². The smallest absolute Gasteiger partial charge is 0.224 e. The summed E-state index contributed by atoms with van der Waals surface area (Å²) < 4.78 is 0. The minimum Gasteiger partial charge on any atom is -0.351 e. The van der Waals surface area contributed by atoms with Crippen LogP contribution in [0.4, 0.5) is 0 Å². The summed E-state index contributed by atoms with van der Waals surface area (Å²) in [7, 11) is 0. The van der Waals surface area contributed by atoms with Crippen LogP contribution in [-0.2, 0) is 9.59 Å². The number of carbonyl (C=O) groups is 2. The van der Waals surface area contributed by atoms with E-state index in [-0.39, 0.29) is 17.9 Å². The maximum absolute atomic E-state index is 12.0. The molecule has 1 atom stereocenters. The van der Waals surface area contributed by atoms with Crippen molar-refractivity contribution in [1.82, 2.24) is 10.2 Å². The molecule has 1 aliphatic heterocycles. The van der Waals surface area contributed by atoms with Gasteiger partial charge in [0.25, 0.3) is 0 Å². The first-order valence-electron chi connectivity index (χ1n) is 7.37. The van der Waals surface area contributed by atoms with Crippen molar-refractivity contribution in [3.8, 4) is 0 Å². The Kier molecular flexibility index (Phi) is 5.00. The molecule has 4 nitrogen and oxygen atoms in total. The first kappa shape index (κ1) is 14.1. The summed E-state index contributed by atoms with van der Waals surface area (Å²) >= 11 is 0. The molecule has 2 rings (SSSR count). The molecule has 0 unspecified atom stereocenters. The van der Waals surface area contributed by atoms with Crippen LogP contribution in [0.3, 0.4) is 0 Å². The summed E-state index contributed by atoms with van der Waals surface area (Å²) in [5.41, 5.74) is 0. The molecule has 19 heavy (non-hydrogen) atoms. The summed E-state index contributed by atoms with van der Waals surface area (Å²) in [6.07, 6.45) is 8.80. The van der Waals surface area contributed by atoms with Gasteiger partial charge in [-0.15, -0.1) is 6.58 Å². The number of amides is 2. The second-order valence-electron chi connectivity index (χ2n) is 5.76. The Labute approximate surface area is 115 Å². The third-order valence-corrected chi connectivity index (χ3v) is 4.11. The van der Waals surface area contributed by atoms with Gasteiger partial charge in [-0.2, -0.15) is 0 Å². The van der Waals surface area contributed by atoms with Gasteiger partial charge in [-0.25, -0.2) is 0 Å². The van der Waals surface area contributed by atoms with Crippen LogP contribution in [-0.4, -0.2) is 35.8 Å². The molecule has 0 aromatic heterocycles. The molecule has 0 bridgehead atoms. The summed E-state index contributed by atoms with van der Waals surface area (Å²) in [6, 6.07) is -0.0106. The SMILES string of the molecule is C=CCC(=O)N[C@@H]1CC(=O)N(CC2CCCCC2)C1. The lowest BCUT2D eigenvalue weighted by Crippen LogP contribution is -2.38. The summed E-state index contributed by atoms with van der Waals surface area (Å²) in [6.45, 7) is 5.10. The Bertz CT molecular complexity index is 348. The molecule has 4 heteroatoms. The third-order valence-electron chi connectivity index (χ3n) is 4.11. The zero-order valence-corrected chi connectivity index (χ0v) is 11.6. The third kappa shape index (κ3) is 4.08. The average molecular weight is 264 g/mol. The highest BCUT2D eigenvalue weighted by Gasteiger charge is 2.31. The van der Waals surface area contributed by atoms with Crippen LogP contribution >= 0.6 is 0 Å². The van der Waals surface area contributed by atoms with E-state index < -0.39 is 0 Å². The average Bonchev–Trinajstić information content (AvgIpc) is 2.71. The van der Waals surface area contributed by atoms with E-state index in [0.29, 0.717) is 25.3 Å². The fraction of sp³-hybridized carbons (Fsp3) is 0.733. The van der Waals surface area contributed by atoms with Crippen molar-refractivity contribution >= 4 is 11.8 Å². The molecule has 2 aliphatic rings. The number of nitrogens with zero attached hydrogens (tertiary/aromatic N) is 1. The topological polar surface area (TPSA) is 49.4 Å². The Hall–Kier alpha value is -1.32. The molecule has 0 spiro atoms. The van der Waals surface area contributed by atoms with Gasteiger partial charge in [0.1, 0.15) is 0 Å². The van der Waals surface area contributed by atoms with Crippen molar-refractivity contribution < 1.29 is 9.59 Å². The second-order valence-corrected chi connectivity index (χ2v) is 5.76. The lowest BCUT2D eigenvalue weighted by atomic mass is 9.89. The molecule has 1 heterocycles. The van der Waals surface area contributed by atoms with Crippen LogP contribution in [0.25, 0.3) is 0 Å². The summed E-state index contributed by atoms with van der Waals surface area (Å²) in [5.74, 6) is 0.821. The number of likely N-dealkylation sites (tertiary alicyclic amines) is 1. The van der Waals surface area contributed by atoms with E-state index in [0.717, 1.165) is 6.54 Å². The largest absolute Gasteiger partial charge is 0.351 e. The number of hydrogen-bond acceptors (Lipinski definition) is 2. The zero-order valence-electron chi connectivity index (χ0n) is 11.6. The lowest BCUT2D eigenvalue weighted by Gasteiger charge is -2.27. The predicted molar refractivity (Wildman–Crippen MR) is 74.5 cm³/mol. The van der Waals surface area contributed by atoms with E-state index in [4.69, 9.17) is 0 Å². The highest BCUT2D eigenvalue weighted by molar-refractivity contribution is 5.82. The summed E-state index contributed by atoms with van der Waals surface area (Å²) in [4.78, 5) is 25.4. The van der Waals surface area contributed by atoms with E-state index in [1.54, 1.807) is 6.08 Å².